The maximum absolute atomic E-state index is 11.4. The maximum atomic E-state index is 11.4. The van der Waals surface area contributed by atoms with Crippen LogP contribution in [0.15, 0.2) is 0 Å². The molecule has 1 aliphatic heterocycles. The van der Waals surface area contributed by atoms with Crippen molar-refractivity contribution < 1.29 is 14.7 Å². The number of aliphatic carboxylic acids is 1. The van der Waals surface area contributed by atoms with Gasteiger partial charge in [0.1, 0.15) is 0 Å². The van der Waals surface area contributed by atoms with E-state index in [4.69, 9.17) is 10.8 Å². The van der Waals surface area contributed by atoms with Gasteiger partial charge in [0, 0.05) is 13.1 Å². The quantitative estimate of drug-likeness (QED) is 0.570. The van der Waals surface area contributed by atoms with E-state index in [-0.39, 0.29) is 12.3 Å². The number of likely N-dealkylation sites (tertiary alicyclic amines) is 1. The highest BCUT2D eigenvalue weighted by atomic mass is 16.4. The van der Waals surface area contributed by atoms with E-state index in [1.807, 2.05) is 0 Å². The third-order valence-corrected chi connectivity index (χ3v) is 3.07. The Hall–Kier alpha value is -1.14. The fourth-order valence-corrected chi connectivity index (χ4v) is 2.07. The molecular formula is C11H21N3O3. The molecule has 4 N–H and O–H groups in total. The molecule has 6 heteroatoms. The van der Waals surface area contributed by atoms with Crippen molar-refractivity contribution in [3.05, 3.63) is 0 Å². The van der Waals surface area contributed by atoms with Crippen LogP contribution in [-0.4, -0.2) is 54.6 Å². The van der Waals surface area contributed by atoms with Gasteiger partial charge in [-0.05, 0) is 32.4 Å². The highest BCUT2D eigenvalue weighted by Gasteiger charge is 2.20. The number of carbonyl (C=O) groups is 2. The summed E-state index contributed by atoms with van der Waals surface area (Å²) in [6.45, 7) is 2.75. The molecule has 1 saturated heterocycles. The van der Waals surface area contributed by atoms with E-state index >= 15 is 0 Å². The zero-order valence-corrected chi connectivity index (χ0v) is 10.2. The number of hydrogen-bond donors (Lipinski definition) is 3. The lowest BCUT2D eigenvalue weighted by Crippen LogP contribution is -2.42. The van der Waals surface area contributed by atoms with Crippen molar-refractivity contribution in [3.63, 3.8) is 0 Å². The van der Waals surface area contributed by atoms with Crippen LogP contribution in [0.4, 0.5) is 0 Å². The SMILES string of the molecule is CN1CCC(CCNC(=O)C(N)CC(=O)O)C1. The highest BCUT2D eigenvalue weighted by Crippen LogP contribution is 2.16. The van der Waals surface area contributed by atoms with Gasteiger partial charge < -0.3 is 21.1 Å². The Kier molecular flexibility index (Phi) is 5.37. The molecule has 0 aromatic rings. The summed E-state index contributed by atoms with van der Waals surface area (Å²) >= 11 is 0. The summed E-state index contributed by atoms with van der Waals surface area (Å²) in [6.07, 6.45) is 1.77. The second-order valence-electron chi connectivity index (χ2n) is 4.70. The molecule has 0 spiro atoms. The summed E-state index contributed by atoms with van der Waals surface area (Å²) in [5.74, 6) is -0.806. The number of nitrogens with zero attached hydrogens (tertiary/aromatic N) is 1. The minimum Gasteiger partial charge on any atom is -0.481 e. The van der Waals surface area contributed by atoms with Crippen LogP contribution in [-0.2, 0) is 9.59 Å². The molecule has 0 radical (unpaired) electrons. The first kappa shape index (κ1) is 13.9. The van der Waals surface area contributed by atoms with E-state index in [0.29, 0.717) is 12.5 Å². The third-order valence-electron chi connectivity index (χ3n) is 3.07. The monoisotopic (exact) mass is 243 g/mol. The Labute approximate surface area is 101 Å². The minimum atomic E-state index is -1.05. The summed E-state index contributed by atoms with van der Waals surface area (Å²) in [6, 6.07) is -0.946. The zero-order valence-electron chi connectivity index (χ0n) is 10.2. The molecule has 98 valence electrons. The predicted octanol–water partition coefficient (Wildman–Crippen LogP) is -0.754. The van der Waals surface area contributed by atoms with Gasteiger partial charge >= 0.3 is 5.97 Å². The van der Waals surface area contributed by atoms with Crippen molar-refractivity contribution in [2.75, 3.05) is 26.7 Å². The molecule has 1 aliphatic rings. The van der Waals surface area contributed by atoms with Gasteiger partial charge in [0.2, 0.25) is 5.91 Å². The number of carboxylic acids is 1. The number of hydrogen-bond acceptors (Lipinski definition) is 4. The molecule has 17 heavy (non-hydrogen) atoms. The van der Waals surface area contributed by atoms with Crippen LogP contribution >= 0.6 is 0 Å². The first-order valence-corrected chi connectivity index (χ1v) is 5.92. The Morgan fingerprint density at radius 1 is 1.59 bits per heavy atom. The van der Waals surface area contributed by atoms with Crippen molar-refractivity contribution in [2.24, 2.45) is 11.7 Å². The Balaban J connectivity index is 2.13. The molecule has 6 nitrogen and oxygen atoms in total. The van der Waals surface area contributed by atoms with E-state index in [2.05, 4.69) is 17.3 Å². The molecule has 2 unspecified atom stereocenters. The summed E-state index contributed by atoms with van der Waals surface area (Å²) < 4.78 is 0. The predicted molar refractivity (Wildman–Crippen MR) is 63.5 cm³/mol. The van der Waals surface area contributed by atoms with E-state index in [1.54, 1.807) is 0 Å². The van der Waals surface area contributed by atoms with Crippen molar-refractivity contribution >= 4 is 11.9 Å². The van der Waals surface area contributed by atoms with Crippen molar-refractivity contribution in [3.8, 4) is 0 Å². The van der Waals surface area contributed by atoms with Gasteiger partial charge in [-0.3, -0.25) is 9.59 Å². The van der Waals surface area contributed by atoms with E-state index < -0.39 is 12.0 Å². The standard InChI is InChI=1S/C11H21N3O3/c1-14-5-3-8(7-14)2-4-13-11(17)9(12)6-10(15)16/h8-9H,2-7,12H2,1H3,(H,13,17)(H,15,16). The molecule has 0 aliphatic carbocycles. The fourth-order valence-electron chi connectivity index (χ4n) is 2.07. The normalized spacial score (nSPS) is 22.4. The molecule has 0 aromatic heterocycles. The van der Waals surface area contributed by atoms with Crippen LogP contribution in [0, 0.1) is 5.92 Å². The Morgan fingerprint density at radius 3 is 2.82 bits per heavy atom. The molecule has 0 bridgehead atoms. The largest absolute Gasteiger partial charge is 0.481 e. The van der Waals surface area contributed by atoms with Crippen molar-refractivity contribution in [1.29, 1.82) is 0 Å². The number of rotatable bonds is 6. The van der Waals surface area contributed by atoms with Gasteiger partial charge in [-0.15, -0.1) is 0 Å². The van der Waals surface area contributed by atoms with E-state index in [9.17, 15) is 9.59 Å². The van der Waals surface area contributed by atoms with Crippen LogP contribution in [0.25, 0.3) is 0 Å². The van der Waals surface area contributed by atoms with Crippen LogP contribution in [0.3, 0.4) is 0 Å². The lowest BCUT2D eigenvalue weighted by molar-refractivity contribution is -0.139. The van der Waals surface area contributed by atoms with Gasteiger partial charge in [-0.2, -0.15) is 0 Å². The summed E-state index contributed by atoms with van der Waals surface area (Å²) in [7, 11) is 2.08. The molecule has 1 fully saturated rings. The number of carboxylic acid groups (broad SMARTS) is 1. The Morgan fingerprint density at radius 2 is 2.29 bits per heavy atom. The molecular weight excluding hydrogens is 222 g/mol. The van der Waals surface area contributed by atoms with Crippen LogP contribution < -0.4 is 11.1 Å². The van der Waals surface area contributed by atoms with Gasteiger partial charge in [0.15, 0.2) is 0 Å². The number of amides is 1. The average Bonchev–Trinajstić information content (AvgIpc) is 2.63. The highest BCUT2D eigenvalue weighted by molar-refractivity contribution is 5.85. The Bertz CT molecular complexity index is 283. The molecule has 1 amide bonds. The fraction of sp³-hybridized carbons (Fsp3) is 0.818. The maximum Gasteiger partial charge on any atom is 0.305 e. The topological polar surface area (TPSA) is 95.7 Å². The van der Waals surface area contributed by atoms with Crippen molar-refractivity contribution in [1.82, 2.24) is 10.2 Å². The zero-order chi connectivity index (χ0) is 12.8. The van der Waals surface area contributed by atoms with Crippen LogP contribution in [0.1, 0.15) is 19.3 Å². The molecule has 1 rings (SSSR count). The first-order chi connectivity index (χ1) is 7.99. The summed E-state index contributed by atoms with van der Waals surface area (Å²) in [5, 5.41) is 11.2. The van der Waals surface area contributed by atoms with Crippen molar-refractivity contribution in [2.45, 2.75) is 25.3 Å². The molecule has 0 aromatic carbocycles. The molecule has 0 saturated carbocycles. The number of nitrogens with two attached hydrogens (primary N) is 1. The third kappa shape index (κ3) is 5.14. The molecule has 2 atom stereocenters. The van der Waals surface area contributed by atoms with Gasteiger partial charge in [0.05, 0.1) is 12.5 Å². The van der Waals surface area contributed by atoms with Gasteiger partial charge in [0.25, 0.3) is 0 Å². The average molecular weight is 243 g/mol. The summed E-state index contributed by atoms with van der Waals surface area (Å²) in [5.41, 5.74) is 5.43. The summed E-state index contributed by atoms with van der Waals surface area (Å²) in [4.78, 5) is 24.0. The number of nitrogens with one attached hydrogen (secondary N) is 1. The smallest absolute Gasteiger partial charge is 0.305 e. The lowest BCUT2D eigenvalue weighted by atomic mass is 10.1. The minimum absolute atomic E-state index is 0.321. The van der Waals surface area contributed by atoms with Gasteiger partial charge in [-0.25, -0.2) is 0 Å². The van der Waals surface area contributed by atoms with Crippen LogP contribution in [0.2, 0.25) is 0 Å². The number of carbonyl (C=O) groups excluding carboxylic acids is 1. The lowest BCUT2D eigenvalue weighted by Gasteiger charge is -2.13. The second kappa shape index (κ2) is 6.56. The molecule has 1 heterocycles. The van der Waals surface area contributed by atoms with Gasteiger partial charge in [-0.1, -0.05) is 0 Å². The van der Waals surface area contributed by atoms with E-state index in [1.165, 1.54) is 0 Å². The first-order valence-electron chi connectivity index (χ1n) is 5.92. The van der Waals surface area contributed by atoms with E-state index in [0.717, 1.165) is 25.9 Å². The second-order valence-corrected chi connectivity index (χ2v) is 4.70. The van der Waals surface area contributed by atoms with Crippen LogP contribution in [0.5, 0.6) is 0 Å².